The Morgan fingerprint density at radius 3 is 2.09 bits per heavy atom. The van der Waals surface area contributed by atoms with E-state index in [0.29, 0.717) is 17.1 Å². The van der Waals surface area contributed by atoms with E-state index in [2.05, 4.69) is 15.9 Å². The predicted octanol–water partition coefficient (Wildman–Crippen LogP) is 4.36. The maximum Gasteiger partial charge on any atom is 0.258 e. The monoisotopic (exact) mass is 377 g/mol. The van der Waals surface area contributed by atoms with E-state index in [4.69, 9.17) is 9.47 Å². The van der Waals surface area contributed by atoms with Crippen LogP contribution in [0.25, 0.3) is 0 Å². The third kappa shape index (κ3) is 3.50. The number of methoxy groups -OCH3 is 2. The van der Waals surface area contributed by atoms with Crippen LogP contribution in [0, 0.1) is 13.8 Å². The largest absolute Gasteiger partial charge is 0.496 e. The Hall–Kier alpha value is -2.01. The molecule has 0 atom stereocenters. The van der Waals surface area contributed by atoms with Crippen molar-refractivity contribution in [3.05, 3.63) is 51.5 Å². The fourth-order valence-electron chi connectivity index (χ4n) is 2.36. The highest BCUT2D eigenvalue weighted by Gasteiger charge is 2.18. The first kappa shape index (κ1) is 17.3. The Kier molecular flexibility index (Phi) is 5.31. The molecule has 1 amide bonds. The minimum atomic E-state index is -0.122. The molecule has 0 saturated carbocycles. The topological polar surface area (TPSA) is 38.8 Å². The van der Waals surface area contributed by atoms with Crippen LogP contribution in [0.2, 0.25) is 0 Å². The van der Waals surface area contributed by atoms with E-state index < -0.39 is 0 Å². The Balaban J connectivity index is 2.41. The SMILES string of the molecule is COc1cc(C(=O)N(C)c2ccc(Br)c(C)c2)cc(OC)c1C. The summed E-state index contributed by atoms with van der Waals surface area (Å²) in [5.74, 6) is 1.14. The van der Waals surface area contributed by atoms with E-state index >= 15 is 0 Å². The zero-order valence-corrected chi connectivity index (χ0v) is 15.5. The summed E-state index contributed by atoms with van der Waals surface area (Å²) in [7, 11) is 4.92. The van der Waals surface area contributed by atoms with E-state index in [1.165, 1.54) is 0 Å². The Morgan fingerprint density at radius 1 is 1.04 bits per heavy atom. The smallest absolute Gasteiger partial charge is 0.258 e. The molecule has 0 radical (unpaired) electrons. The molecular formula is C18H20BrNO3. The molecule has 0 N–H and O–H groups in total. The van der Waals surface area contributed by atoms with Crippen molar-refractivity contribution >= 4 is 27.5 Å². The van der Waals surface area contributed by atoms with Gasteiger partial charge in [0.2, 0.25) is 0 Å². The quantitative estimate of drug-likeness (QED) is 0.794. The van der Waals surface area contributed by atoms with Gasteiger partial charge in [-0.3, -0.25) is 4.79 Å². The van der Waals surface area contributed by atoms with Crippen molar-refractivity contribution in [2.45, 2.75) is 13.8 Å². The highest BCUT2D eigenvalue weighted by Crippen LogP contribution is 2.31. The molecule has 0 spiro atoms. The standard InChI is InChI=1S/C18H20BrNO3/c1-11-8-14(6-7-15(11)19)20(3)18(21)13-9-16(22-4)12(2)17(10-13)23-5/h6-10H,1-5H3. The van der Waals surface area contributed by atoms with Gasteiger partial charge in [-0.1, -0.05) is 15.9 Å². The summed E-state index contributed by atoms with van der Waals surface area (Å²) in [6.45, 7) is 3.89. The molecule has 2 rings (SSSR count). The lowest BCUT2D eigenvalue weighted by Gasteiger charge is -2.20. The molecule has 0 bridgehead atoms. The van der Waals surface area contributed by atoms with Gasteiger partial charge in [-0.15, -0.1) is 0 Å². The number of carbonyl (C=O) groups is 1. The molecule has 2 aromatic carbocycles. The molecule has 2 aromatic rings. The normalized spacial score (nSPS) is 10.3. The van der Waals surface area contributed by atoms with E-state index in [9.17, 15) is 4.79 Å². The first-order valence-electron chi connectivity index (χ1n) is 7.16. The number of halogens is 1. The molecule has 4 nitrogen and oxygen atoms in total. The number of carbonyl (C=O) groups excluding carboxylic acids is 1. The number of nitrogens with zero attached hydrogens (tertiary/aromatic N) is 1. The molecule has 23 heavy (non-hydrogen) atoms. The Labute approximate surface area is 145 Å². The third-order valence-corrected chi connectivity index (χ3v) is 4.72. The van der Waals surface area contributed by atoms with Gasteiger partial charge in [-0.2, -0.15) is 0 Å². The van der Waals surface area contributed by atoms with E-state index in [0.717, 1.165) is 21.3 Å². The number of benzene rings is 2. The van der Waals surface area contributed by atoms with Crippen LogP contribution in [0.15, 0.2) is 34.8 Å². The number of hydrogen-bond acceptors (Lipinski definition) is 3. The summed E-state index contributed by atoms with van der Waals surface area (Å²) >= 11 is 3.47. The molecule has 5 heteroatoms. The lowest BCUT2D eigenvalue weighted by atomic mass is 10.1. The number of anilines is 1. The van der Waals surface area contributed by atoms with Crippen LogP contribution in [-0.2, 0) is 0 Å². The van der Waals surface area contributed by atoms with Crippen molar-refractivity contribution in [1.29, 1.82) is 0 Å². The van der Waals surface area contributed by atoms with Gasteiger partial charge in [0.15, 0.2) is 0 Å². The number of hydrogen-bond donors (Lipinski definition) is 0. The van der Waals surface area contributed by atoms with Gasteiger partial charge < -0.3 is 14.4 Å². The van der Waals surface area contributed by atoms with Gasteiger partial charge in [0, 0.05) is 28.3 Å². The second-order valence-electron chi connectivity index (χ2n) is 5.30. The van der Waals surface area contributed by atoms with Crippen LogP contribution < -0.4 is 14.4 Å². The first-order chi connectivity index (χ1) is 10.9. The number of aryl methyl sites for hydroxylation is 1. The molecule has 0 aromatic heterocycles. The van der Waals surface area contributed by atoms with Crippen LogP contribution in [0.4, 0.5) is 5.69 Å². The molecule has 122 valence electrons. The second kappa shape index (κ2) is 7.04. The zero-order chi connectivity index (χ0) is 17.1. The number of ether oxygens (including phenoxy) is 2. The fourth-order valence-corrected chi connectivity index (χ4v) is 2.60. The minimum Gasteiger partial charge on any atom is -0.496 e. The van der Waals surface area contributed by atoms with Crippen molar-refractivity contribution in [3.8, 4) is 11.5 Å². The van der Waals surface area contributed by atoms with E-state index in [1.807, 2.05) is 32.0 Å². The van der Waals surface area contributed by atoms with Crippen LogP contribution in [0.5, 0.6) is 11.5 Å². The summed E-state index contributed by atoms with van der Waals surface area (Å²) in [5, 5.41) is 0. The maximum atomic E-state index is 12.8. The zero-order valence-electron chi connectivity index (χ0n) is 13.9. The van der Waals surface area contributed by atoms with Crippen molar-refractivity contribution in [3.63, 3.8) is 0 Å². The summed E-state index contributed by atoms with van der Waals surface area (Å²) < 4.78 is 11.7. The van der Waals surface area contributed by atoms with Gasteiger partial charge >= 0.3 is 0 Å². The van der Waals surface area contributed by atoms with E-state index in [1.54, 1.807) is 38.3 Å². The molecule has 0 aliphatic heterocycles. The van der Waals surface area contributed by atoms with Crippen molar-refractivity contribution in [2.24, 2.45) is 0 Å². The Bertz CT molecular complexity index is 718. The van der Waals surface area contributed by atoms with Crippen LogP contribution >= 0.6 is 15.9 Å². The molecular weight excluding hydrogens is 358 g/mol. The van der Waals surface area contributed by atoms with Crippen molar-refractivity contribution in [2.75, 3.05) is 26.2 Å². The molecule has 0 aliphatic carbocycles. The first-order valence-corrected chi connectivity index (χ1v) is 7.95. The third-order valence-electron chi connectivity index (χ3n) is 3.83. The number of amides is 1. The highest BCUT2D eigenvalue weighted by atomic mass is 79.9. The van der Waals surface area contributed by atoms with Gasteiger partial charge in [-0.25, -0.2) is 0 Å². The van der Waals surface area contributed by atoms with Crippen LogP contribution in [-0.4, -0.2) is 27.2 Å². The molecule has 0 fully saturated rings. The molecule has 0 saturated heterocycles. The average molecular weight is 378 g/mol. The number of rotatable bonds is 4. The summed E-state index contributed by atoms with van der Waals surface area (Å²) in [4.78, 5) is 14.4. The minimum absolute atomic E-state index is 0.122. The molecule has 0 heterocycles. The Morgan fingerprint density at radius 2 is 1.61 bits per heavy atom. The fraction of sp³-hybridized carbons (Fsp3) is 0.278. The van der Waals surface area contributed by atoms with Crippen molar-refractivity contribution in [1.82, 2.24) is 0 Å². The van der Waals surface area contributed by atoms with Gasteiger partial charge in [0.1, 0.15) is 11.5 Å². The summed E-state index contributed by atoms with van der Waals surface area (Å²) in [5.41, 5.74) is 3.29. The van der Waals surface area contributed by atoms with E-state index in [-0.39, 0.29) is 5.91 Å². The highest BCUT2D eigenvalue weighted by molar-refractivity contribution is 9.10. The lowest BCUT2D eigenvalue weighted by Crippen LogP contribution is -2.26. The molecule has 0 aliphatic rings. The lowest BCUT2D eigenvalue weighted by molar-refractivity contribution is 0.0992. The maximum absolute atomic E-state index is 12.8. The molecule has 0 unspecified atom stereocenters. The van der Waals surface area contributed by atoms with Crippen molar-refractivity contribution < 1.29 is 14.3 Å². The van der Waals surface area contributed by atoms with Gasteiger partial charge in [0.25, 0.3) is 5.91 Å². The predicted molar refractivity (Wildman–Crippen MR) is 95.9 cm³/mol. The summed E-state index contributed by atoms with van der Waals surface area (Å²) in [6, 6.07) is 9.28. The average Bonchev–Trinajstić information content (AvgIpc) is 2.56. The van der Waals surface area contributed by atoms with Crippen LogP contribution in [0.1, 0.15) is 21.5 Å². The summed E-state index contributed by atoms with van der Waals surface area (Å²) in [6.07, 6.45) is 0. The van der Waals surface area contributed by atoms with Crippen LogP contribution in [0.3, 0.4) is 0 Å². The second-order valence-corrected chi connectivity index (χ2v) is 6.16. The van der Waals surface area contributed by atoms with Gasteiger partial charge in [0.05, 0.1) is 14.2 Å². The van der Waals surface area contributed by atoms with Gasteiger partial charge in [-0.05, 0) is 49.7 Å².